The molecule has 7 nitrogen and oxygen atoms in total. The lowest BCUT2D eigenvalue weighted by Gasteiger charge is -2.15. The van der Waals surface area contributed by atoms with Crippen LogP contribution in [0.25, 0.3) is 6.08 Å². The van der Waals surface area contributed by atoms with E-state index < -0.39 is 0 Å². The fourth-order valence-corrected chi connectivity index (χ4v) is 3.73. The summed E-state index contributed by atoms with van der Waals surface area (Å²) >= 11 is 6.29. The molecule has 0 unspecified atom stereocenters. The van der Waals surface area contributed by atoms with Gasteiger partial charge in [-0.25, -0.2) is 0 Å². The number of carbonyl (C=O) groups excluding carboxylic acids is 1. The van der Waals surface area contributed by atoms with Crippen molar-refractivity contribution < 1.29 is 19.0 Å². The molecule has 0 spiro atoms. The average Bonchev–Trinajstić information content (AvgIpc) is 3.09. The van der Waals surface area contributed by atoms with E-state index in [-0.39, 0.29) is 12.5 Å². The fraction of sp³-hybridized carbons (Fsp3) is 0.280. The summed E-state index contributed by atoms with van der Waals surface area (Å²) in [6.45, 7) is 4.69. The lowest BCUT2D eigenvalue weighted by molar-refractivity contribution is -0.116. The van der Waals surface area contributed by atoms with Crippen molar-refractivity contribution in [3.8, 4) is 17.2 Å². The molecule has 8 heteroatoms. The molecule has 33 heavy (non-hydrogen) atoms. The zero-order valence-corrected chi connectivity index (χ0v) is 20.2. The van der Waals surface area contributed by atoms with Gasteiger partial charge >= 0.3 is 0 Å². The second kappa shape index (κ2) is 10.9. The number of nitrogens with one attached hydrogen (secondary N) is 1. The molecule has 3 rings (SSSR count). The van der Waals surface area contributed by atoms with E-state index >= 15 is 0 Å². The van der Waals surface area contributed by atoms with Gasteiger partial charge in [-0.05, 0) is 31.6 Å². The van der Waals surface area contributed by atoms with E-state index in [1.165, 1.54) is 6.08 Å². The van der Waals surface area contributed by atoms with Gasteiger partial charge in [-0.15, -0.1) is 0 Å². The number of hydrogen-bond donors (Lipinski definition) is 1. The lowest BCUT2D eigenvalue weighted by Crippen LogP contribution is -2.21. The molecule has 0 fully saturated rings. The molecule has 0 aliphatic heterocycles. The van der Waals surface area contributed by atoms with Crippen LogP contribution in [-0.2, 0) is 17.9 Å². The van der Waals surface area contributed by atoms with Crippen LogP contribution in [0.1, 0.15) is 28.1 Å². The smallest absolute Gasteiger partial charge is 0.244 e. The van der Waals surface area contributed by atoms with Gasteiger partial charge in [-0.2, -0.15) is 5.10 Å². The van der Waals surface area contributed by atoms with Crippen LogP contribution in [0.5, 0.6) is 17.2 Å². The number of ether oxygens (including phenoxy) is 3. The topological polar surface area (TPSA) is 74.6 Å². The number of hydrogen-bond acceptors (Lipinski definition) is 5. The van der Waals surface area contributed by atoms with Crippen molar-refractivity contribution in [1.82, 2.24) is 15.1 Å². The lowest BCUT2D eigenvalue weighted by atomic mass is 10.1. The van der Waals surface area contributed by atoms with Crippen LogP contribution in [0.15, 0.2) is 42.5 Å². The third-order valence-corrected chi connectivity index (χ3v) is 5.74. The van der Waals surface area contributed by atoms with Crippen molar-refractivity contribution in [2.45, 2.75) is 26.9 Å². The number of carbonyl (C=O) groups is 1. The summed E-state index contributed by atoms with van der Waals surface area (Å²) in [6.07, 6.45) is 3.28. The van der Waals surface area contributed by atoms with Gasteiger partial charge in [0.15, 0.2) is 0 Å². The molecular weight excluding hydrogens is 442 g/mol. The minimum absolute atomic E-state index is 0.239. The molecule has 0 aliphatic rings. The maximum Gasteiger partial charge on any atom is 0.244 e. The number of benzene rings is 2. The highest BCUT2D eigenvalue weighted by atomic mass is 35.5. The maximum atomic E-state index is 12.5. The molecule has 1 heterocycles. The Balaban J connectivity index is 1.72. The predicted octanol–water partition coefficient (Wildman–Crippen LogP) is 4.56. The van der Waals surface area contributed by atoms with E-state index in [4.69, 9.17) is 25.8 Å². The Morgan fingerprint density at radius 2 is 1.76 bits per heavy atom. The summed E-state index contributed by atoms with van der Waals surface area (Å²) in [5, 5.41) is 8.19. The Kier molecular flexibility index (Phi) is 8.01. The minimum atomic E-state index is -0.243. The summed E-state index contributed by atoms with van der Waals surface area (Å²) < 4.78 is 18.0. The Morgan fingerprint density at radius 1 is 1.09 bits per heavy atom. The molecule has 0 aliphatic carbocycles. The van der Waals surface area contributed by atoms with Crippen molar-refractivity contribution in [3.63, 3.8) is 0 Å². The molecule has 2 aromatic carbocycles. The van der Waals surface area contributed by atoms with Gasteiger partial charge in [-0.1, -0.05) is 29.8 Å². The van der Waals surface area contributed by atoms with Crippen LogP contribution in [0.4, 0.5) is 0 Å². The molecule has 1 N–H and O–H groups in total. The summed E-state index contributed by atoms with van der Waals surface area (Å²) in [7, 11) is 4.69. The Labute approximate surface area is 198 Å². The van der Waals surface area contributed by atoms with Crippen molar-refractivity contribution in [3.05, 3.63) is 75.6 Å². The first-order chi connectivity index (χ1) is 15.9. The number of nitrogens with zero attached hydrogens (tertiary/aromatic N) is 2. The van der Waals surface area contributed by atoms with Crippen LogP contribution >= 0.6 is 11.6 Å². The molecule has 174 valence electrons. The molecule has 0 radical (unpaired) electrons. The van der Waals surface area contributed by atoms with Crippen molar-refractivity contribution in [2.24, 2.45) is 0 Å². The van der Waals surface area contributed by atoms with Crippen LogP contribution in [0.3, 0.4) is 0 Å². The largest absolute Gasteiger partial charge is 0.496 e. The van der Waals surface area contributed by atoms with Crippen LogP contribution < -0.4 is 19.5 Å². The quantitative estimate of drug-likeness (QED) is 0.465. The van der Waals surface area contributed by atoms with Crippen molar-refractivity contribution in [1.29, 1.82) is 0 Å². The predicted molar refractivity (Wildman–Crippen MR) is 129 cm³/mol. The molecule has 0 bridgehead atoms. The van der Waals surface area contributed by atoms with Crippen molar-refractivity contribution >= 4 is 23.6 Å². The average molecular weight is 470 g/mol. The maximum absolute atomic E-state index is 12.5. The van der Waals surface area contributed by atoms with Crippen LogP contribution in [0.2, 0.25) is 5.02 Å². The normalized spacial score (nSPS) is 11.0. The third kappa shape index (κ3) is 5.68. The highest BCUT2D eigenvalue weighted by Crippen LogP contribution is 2.33. The van der Waals surface area contributed by atoms with E-state index in [2.05, 4.69) is 10.4 Å². The van der Waals surface area contributed by atoms with Gasteiger partial charge in [0.05, 0.1) is 45.7 Å². The Bertz CT molecular complexity index is 1150. The third-order valence-electron chi connectivity index (χ3n) is 5.37. The molecular formula is C25H28ClN3O4. The minimum Gasteiger partial charge on any atom is -0.496 e. The van der Waals surface area contributed by atoms with E-state index in [9.17, 15) is 4.79 Å². The van der Waals surface area contributed by atoms with Gasteiger partial charge in [0.25, 0.3) is 0 Å². The standard InChI is InChI=1S/C25H28ClN3O4/c1-16-20(17(2)29(28-16)15-18-8-6-7-9-22(18)26)10-11-25(30)27-14-21-23(32-4)12-19(31-3)13-24(21)33-5/h6-13H,14-15H2,1-5H3,(H,27,30)/b11-10+. The summed E-state index contributed by atoms with van der Waals surface area (Å²) in [5.41, 5.74) is 4.40. The molecule has 0 saturated carbocycles. The second-order valence-electron chi connectivity index (χ2n) is 7.40. The van der Waals surface area contributed by atoms with E-state index in [0.717, 1.165) is 28.1 Å². The highest BCUT2D eigenvalue weighted by molar-refractivity contribution is 6.31. The molecule has 1 aromatic heterocycles. The van der Waals surface area contributed by atoms with Crippen LogP contribution in [0, 0.1) is 13.8 Å². The number of aryl methyl sites for hydroxylation is 1. The summed E-state index contributed by atoms with van der Waals surface area (Å²) in [5.74, 6) is 1.51. The van der Waals surface area contributed by atoms with Gasteiger partial charge in [0, 0.05) is 34.5 Å². The first-order valence-corrected chi connectivity index (χ1v) is 10.8. The van der Waals surface area contributed by atoms with Crippen molar-refractivity contribution in [2.75, 3.05) is 21.3 Å². The summed E-state index contributed by atoms with van der Waals surface area (Å²) in [4.78, 5) is 12.5. The van der Waals surface area contributed by atoms with Gasteiger partial charge in [0.2, 0.25) is 5.91 Å². The van der Waals surface area contributed by atoms with Gasteiger partial charge in [-0.3, -0.25) is 9.48 Å². The SMILES string of the molecule is COc1cc(OC)c(CNC(=O)/C=C/c2c(C)nn(Cc3ccccc3Cl)c2C)c(OC)c1. The second-order valence-corrected chi connectivity index (χ2v) is 7.80. The Morgan fingerprint density at radius 3 is 2.36 bits per heavy atom. The van der Waals surface area contributed by atoms with Gasteiger partial charge in [0.1, 0.15) is 17.2 Å². The first-order valence-electron chi connectivity index (χ1n) is 10.4. The monoisotopic (exact) mass is 469 g/mol. The number of rotatable bonds is 9. The number of amides is 1. The van der Waals surface area contributed by atoms with E-state index in [1.807, 2.05) is 42.8 Å². The zero-order valence-electron chi connectivity index (χ0n) is 19.4. The summed E-state index contributed by atoms with van der Waals surface area (Å²) in [6, 6.07) is 11.2. The number of halogens is 1. The Hall–Kier alpha value is -3.45. The molecule has 3 aromatic rings. The van der Waals surface area contributed by atoms with Gasteiger partial charge < -0.3 is 19.5 Å². The van der Waals surface area contributed by atoms with E-state index in [1.54, 1.807) is 39.5 Å². The highest BCUT2D eigenvalue weighted by Gasteiger charge is 2.14. The zero-order chi connectivity index (χ0) is 24.0. The first kappa shape index (κ1) is 24.2. The molecule has 1 amide bonds. The fourth-order valence-electron chi connectivity index (χ4n) is 3.54. The number of aromatic nitrogens is 2. The van der Waals surface area contributed by atoms with Crippen LogP contribution in [-0.4, -0.2) is 37.0 Å². The number of methoxy groups -OCH3 is 3. The molecule has 0 saturated heterocycles. The molecule has 0 atom stereocenters. The van der Waals surface area contributed by atoms with E-state index in [0.29, 0.717) is 28.8 Å².